The summed E-state index contributed by atoms with van der Waals surface area (Å²) in [6.45, 7) is 4.42. The molecular formula is C13H16Cl2O2. The fourth-order valence-corrected chi connectivity index (χ4v) is 1.96. The molecule has 0 unspecified atom stereocenters. The second kappa shape index (κ2) is 6.87. The van der Waals surface area contributed by atoms with Gasteiger partial charge in [-0.15, -0.1) is 0 Å². The van der Waals surface area contributed by atoms with Crippen LogP contribution in [0.25, 0.3) is 0 Å². The highest BCUT2D eigenvalue weighted by Crippen LogP contribution is 2.32. The van der Waals surface area contributed by atoms with Gasteiger partial charge in [0.15, 0.2) is 5.78 Å². The number of hydrogen-bond donors (Lipinski definition) is 0. The average Bonchev–Trinajstić information content (AvgIpc) is 2.30. The molecule has 0 aliphatic carbocycles. The molecule has 0 aliphatic rings. The van der Waals surface area contributed by atoms with Gasteiger partial charge in [0.05, 0.1) is 16.7 Å². The van der Waals surface area contributed by atoms with Crippen LogP contribution in [0.2, 0.25) is 10.0 Å². The maximum Gasteiger partial charge on any atom is 0.164 e. The largest absolute Gasteiger partial charge is 0.492 e. The fourth-order valence-electron chi connectivity index (χ4n) is 1.48. The first kappa shape index (κ1) is 14.3. The van der Waals surface area contributed by atoms with Gasteiger partial charge in [0.1, 0.15) is 5.75 Å². The minimum atomic E-state index is 0.0294. The van der Waals surface area contributed by atoms with E-state index in [2.05, 4.69) is 0 Å². The SMILES string of the molecule is CCCCC(=O)c1cc(Cl)c(OCC)cc1Cl. The first-order valence-corrected chi connectivity index (χ1v) is 6.50. The summed E-state index contributed by atoms with van der Waals surface area (Å²) in [7, 11) is 0. The first-order valence-electron chi connectivity index (χ1n) is 5.75. The number of hydrogen-bond acceptors (Lipinski definition) is 2. The Labute approximate surface area is 112 Å². The molecule has 17 heavy (non-hydrogen) atoms. The van der Waals surface area contributed by atoms with Crippen molar-refractivity contribution in [2.45, 2.75) is 33.1 Å². The number of halogens is 2. The van der Waals surface area contributed by atoms with E-state index in [0.717, 1.165) is 12.8 Å². The van der Waals surface area contributed by atoms with E-state index in [0.29, 0.717) is 34.4 Å². The molecule has 0 atom stereocenters. The summed E-state index contributed by atoms with van der Waals surface area (Å²) in [6, 6.07) is 3.19. The summed E-state index contributed by atoms with van der Waals surface area (Å²) in [6.07, 6.45) is 2.34. The van der Waals surface area contributed by atoms with Crippen LogP contribution in [0.15, 0.2) is 12.1 Å². The zero-order chi connectivity index (χ0) is 12.8. The molecule has 4 heteroatoms. The van der Waals surface area contributed by atoms with Gasteiger partial charge >= 0.3 is 0 Å². The van der Waals surface area contributed by atoms with Gasteiger partial charge in [-0.1, -0.05) is 36.5 Å². The molecule has 2 nitrogen and oxygen atoms in total. The Balaban J connectivity index is 2.94. The van der Waals surface area contributed by atoms with Crippen LogP contribution in [0.4, 0.5) is 0 Å². The van der Waals surface area contributed by atoms with Crippen LogP contribution in [-0.4, -0.2) is 12.4 Å². The fraction of sp³-hybridized carbons (Fsp3) is 0.462. The Bertz CT molecular complexity index is 403. The predicted molar refractivity (Wildman–Crippen MR) is 71.5 cm³/mol. The minimum absolute atomic E-state index is 0.0294. The van der Waals surface area contributed by atoms with E-state index in [1.54, 1.807) is 12.1 Å². The zero-order valence-electron chi connectivity index (χ0n) is 10.1. The van der Waals surface area contributed by atoms with Crippen molar-refractivity contribution >= 4 is 29.0 Å². The van der Waals surface area contributed by atoms with Crippen molar-refractivity contribution in [3.8, 4) is 5.75 Å². The van der Waals surface area contributed by atoms with E-state index in [4.69, 9.17) is 27.9 Å². The number of ketones is 1. The first-order chi connectivity index (χ1) is 8.10. The highest BCUT2D eigenvalue weighted by Gasteiger charge is 2.14. The Morgan fingerprint density at radius 2 is 1.94 bits per heavy atom. The Morgan fingerprint density at radius 3 is 2.53 bits per heavy atom. The zero-order valence-corrected chi connectivity index (χ0v) is 11.6. The lowest BCUT2D eigenvalue weighted by Crippen LogP contribution is -2.01. The lowest BCUT2D eigenvalue weighted by Gasteiger charge is -2.09. The maximum absolute atomic E-state index is 11.9. The molecular weight excluding hydrogens is 259 g/mol. The number of carbonyl (C=O) groups is 1. The highest BCUT2D eigenvalue weighted by molar-refractivity contribution is 6.36. The molecule has 0 aromatic heterocycles. The quantitative estimate of drug-likeness (QED) is 0.699. The summed E-state index contributed by atoms with van der Waals surface area (Å²) in [4.78, 5) is 11.9. The van der Waals surface area contributed by atoms with E-state index in [1.807, 2.05) is 13.8 Å². The van der Waals surface area contributed by atoms with Gasteiger partial charge in [-0.3, -0.25) is 4.79 Å². The molecule has 0 bridgehead atoms. The van der Waals surface area contributed by atoms with E-state index in [-0.39, 0.29) is 5.78 Å². The minimum Gasteiger partial charge on any atom is -0.492 e. The molecule has 0 radical (unpaired) electrons. The summed E-state index contributed by atoms with van der Waals surface area (Å²) in [5.41, 5.74) is 0.480. The molecule has 1 aromatic rings. The second-order valence-corrected chi connectivity index (χ2v) is 4.54. The summed E-state index contributed by atoms with van der Waals surface area (Å²) < 4.78 is 5.31. The molecule has 0 saturated carbocycles. The van der Waals surface area contributed by atoms with Crippen molar-refractivity contribution in [2.24, 2.45) is 0 Å². The topological polar surface area (TPSA) is 26.3 Å². The molecule has 0 fully saturated rings. The molecule has 0 amide bonds. The van der Waals surface area contributed by atoms with Gasteiger partial charge in [-0.25, -0.2) is 0 Å². The number of carbonyl (C=O) groups excluding carboxylic acids is 1. The van der Waals surface area contributed by atoms with Gasteiger partial charge in [-0.05, 0) is 19.4 Å². The van der Waals surface area contributed by atoms with Crippen LogP contribution in [0.3, 0.4) is 0 Å². The van der Waals surface area contributed by atoms with Crippen LogP contribution in [0.1, 0.15) is 43.5 Å². The number of Topliss-reactive ketones (excluding diaryl/α,β-unsaturated/α-hetero) is 1. The normalized spacial score (nSPS) is 10.4. The molecule has 0 heterocycles. The lowest BCUT2D eigenvalue weighted by atomic mass is 10.1. The van der Waals surface area contributed by atoms with Crippen LogP contribution in [-0.2, 0) is 0 Å². The number of benzene rings is 1. The van der Waals surface area contributed by atoms with Gasteiger partial charge in [-0.2, -0.15) is 0 Å². The molecule has 1 aromatic carbocycles. The van der Waals surface area contributed by atoms with Crippen LogP contribution >= 0.6 is 23.2 Å². The number of ether oxygens (including phenoxy) is 1. The number of rotatable bonds is 6. The van der Waals surface area contributed by atoms with Crippen molar-refractivity contribution in [2.75, 3.05) is 6.61 Å². The van der Waals surface area contributed by atoms with E-state index < -0.39 is 0 Å². The predicted octanol–water partition coefficient (Wildman–Crippen LogP) is 4.77. The second-order valence-electron chi connectivity index (χ2n) is 3.72. The van der Waals surface area contributed by atoms with Crippen molar-refractivity contribution < 1.29 is 9.53 Å². The van der Waals surface area contributed by atoms with E-state index >= 15 is 0 Å². The molecule has 1 rings (SSSR count). The third-order valence-electron chi connectivity index (χ3n) is 2.38. The van der Waals surface area contributed by atoms with Crippen LogP contribution in [0.5, 0.6) is 5.75 Å². The van der Waals surface area contributed by atoms with E-state index in [9.17, 15) is 4.79 Å². The summed E-state index contributed by atoms with van der Waals surface area (Å²) in [5.74, 6) is 0.549. The summed E-state index contributed by atoms with van der Waals surface area (Å²) in [5, 5.41) is 0.829. The molecule has 0 aliphatic heterocycles. The van der Waals surface area contributed by atoms with Gasteiger partial charge in [0.2, 0.25) is 0 Å². The van der Waals surface area contributed by atoms with Gasteiger partial charge < -0.3 is 4.74 Å². The van der Waals surface area contributed by atoms with Gasteiger partial charge in [0.25, 0.3) is 0 Å². The maximum atomic E-state index is 11.9. The Morgan fingerprint density at radius 1 is 1.24 bits per heavy atom. The van der Waals surface area contributed by atoms with Crippen molar-refractivity contribution in [1.82, 2.24) is 0 Å². The third kappa shape index (κ3) is 3.90. The van der Waals surface area contributed by atoms with Crippen molar-refractivity contribution in [1.29, 1.82) is 0 Å². The Hall–Kier alpha value is -0.730. The standard InChI is InChI=1S/C13H16Cl2O2/c1-3-5-6-12(16)9-7-11(15)13(17-4-2)8-10(9)14/h7-8H,3-6H2,1-2H3. The summed E-state index contributed by atoms with van der Waals surface area (Å²) >= 11 is 12.1. The third-order valence-corrected chi connectivity index (χ3v) is 2.99. The molecule has 0 spiro atoms. The van der Waals surface area contributed by atoms with Crippen LogP contribution in [0, 0.1) is 0 Å². The highest BCUT2D eigenvalue weighted by atomic mass is 35.5. The number of unbranched alkanes of at least 4 members (excludes halogenated alkanes) is 1. The molecule has 94 valence electrons. The monoisotopic (exact) mass is 274 g/mol. The van der Waals surface area contributed by atoms with Crippen LogP contribution < -0.4 is 4.74 Å². The van der Waals surface area contributed by atoms with Crippen molar-refractivity contribution in [3.63, 3.8) is 0 Å². The molecule has 0 N–H and O–H groups in total. The van der Waals surface area contributed by atoms with Gasteiger partial charge in [0, 0.05) is 18.1 Å². The van der Waals surface area contributed by atoms with Crippen molar-refractivity contribution in [3.05, 3.63) is 27.7 Å². The van der Waals surface area contributed by atoms with E-state index in [1.165, 1.54) is 0 Å². The smallest absolute Gasteiger partial charge is 0.164 e. The Kier molecular flexibility index (Phi) is 5.79. The lowest BCUT2D eigenvalue weighted by molar-refractivity contribution is 0.0980. The molecule has 0 saturated heterocycles. The average molecular weight is 275 g/mol.